The van der Waals surface area contributed by atoms with Crippen LogP contribution in [0.2, 0.25) is 0 Å². The van der Waals surface area contributed by atoms with Crippen molar-refractivity contribution < 1.29 is 0 Å². The molecule has 0 N–H and O–H groups in total. The van der Waals surface area contributed by atoms with E-state index in [2.05, 4.69) is 76.7 Å². The van der Waals surface area contributed by atoms with Crippen molar-refractivity contribution in [3.8, 4) is 0 Å². The molecule has 132 valence electrons. The van der Waals surface area contributed by atoms with Crippen molar-refractivity contribution in [2.24, 2.45) is 5.92 Å². The summed E-state index contributed by atoms with van der Waals surface area (Å²) >= 11 is 0. The van der Waals surface area contributed by atoms with Gasteiger partial charge in [-0.2, -0.15) is 0 Å². The Bertz CT molecular complexity index is 555. The first-order valence-corrected chi connectivity index (χ1v) is 9.12. The van der Waals surface area contributed by atoms with Gasteiger partial charge in [0.15, 0.2) is 0 Å². The van der Waals surface area contributed by atoms with Crippen molar-refractivity contribution in [1.29, 1.82) is 0 Å². The van der Waals surface area contributed by atoms with Crippen LogP contribution in [0.15, 0.2) is 61.2 Å². The third-order valence-electron chi connectivity index (χ3n) is 5.16. The van der Waals surface area contributed by atoms with Gasteiger partial charge < -0.3 is 0 Å². The first kappa shape index (κ1) is 20.4. The summed E-state index contributed by atoms with van der Waals surface area (Å²) in [4.78, 5) is 2.46. The largest absolute Gasteiger partial charge is 0.300 e. The van der Waals surface area contributed by atoms with Crippen LogP contribution >= 0.6 is 0 Å². The molecule has 0 aliphatic carbocycles. The maximum atomic E-state index is 4.23. The lowest BCUT2D eigenvalue weighted by Gasteiger charge is -2.30. The lowest BCUT2D eigenvalue weighted by Crippen LogP contribution is -2.34. The van der Waals surface area contributed by atoms with Crippen LogP contribution in [-0.4, -0.2) is 24.5 Å². The van der Waals surface area contributed by atoms with E-state index in [1.54, 1.807) is 0 Å². The lowest BCUT2D eigenvalue weighted by molar-refractivity contribution is 0.245. The molecule has 0 saturated heterocycles. The van der Waals surface area contributed by atoms with Crippen LogP contribution in [-0.2, 0) is 6.42 Å². The van der Waals surface area contributed by atoms with E-state index >= 15 is 0 Å². The Labute approximate surface area is 149 Å². The molecule has 1 rings (SSSR count). The average molecular weight is 326 g/mol. The molecule has 0 aromatic heterocycles. The molecular weight excluding hydrogens is 290 g/mol. The predicted molar refractivity (Wildman–Crippen MR) is 108 cm³/mol. The van der Waals surface area contributed by atoms with Gasteiger partial charge in [0.2, 0.25) is 0 Å². The molecule has 1 heteroatoms. The zero-order chi connectivity index (χ0) is 18.1. The number of nitrogens with zero attached hydrogens (tertiary/aromatic N) is 1. The molecule has 0 aliphatic rings. The molecule has 24 heavy (non-hydrogen) atoms. The summed E-state index contributed by atoms with van der Waals surface area (Å²) in [5.74, 6) is 0.534. The number of hydrogen-bond donors (Lipinski definition) is 0. The minimum Gasteiger partial charge on any atom is -0.300 e. The molecule has 0 saturated carbocycles. The summed E-state index contributed by atoms with van der Waals surface area (Å²) in [5.41, 5.74) is 5.25. The van der Waals surface area contributed by atoms with E-state index in [0.717, 1.165) is 37.8 Å². The molecule has 0 fully saturated rings. The molecular formula is C23H35N. The van der Waals surface area contributed by atoms with Crippen LogP contribution in [0.4, 0.5) is 0 Å². The summed E-state index contributed by atoms with van der Waals surface area (Å²) in [5, 5.41) is 0. The minimum absolute atomic E-state index is 0.430. The molecule has 0 bridgehead atoms. The van der Waals surface area contributed by atoms with E-state index in [4.69, 9.17) is 0 Å². The number of aryl methyl sites for hydroxylation is 2. The summed E-state index contributed by atoms with van der Waals surface area (Å²) in [6.07, 6.45) is 6.38. The fourth-order valence-corrected chi connectivity index (χ4v) is 3.36. The maximum Gasteiger partial charge on any atom is 0.0302 e. The number of rotatable bonds is 11. The molecule has 1 nitrogen and oxygen atoms in total. The second-order valence-electron chi connectivity index (χ2n) is 6.98. The SMILES string of the molecule is C=CC(=C)C(CC)CCN(C)C(CCc1ccccc1C)C(=C)C. The highest BCUT2D eigenvalue weighted by molar-refractivity contribution is 5.26. The van der Waals surface area contributed by atoms with Crippen LogP contribution in [0.5, 0.6) is 0 Å². The van der Waals surface area contributed by atoms with Crippen LogP contribution in [0, 0.1) is 12.8 Å². The van der Waals surface area contributed by atoms with Crippen molar-refractivity contribution in [2.75, 3.05) is 13.6 Å². The second kappa shape index (κ2) is 10.3. The lowest BCUT2D eigenvalue weighted by atomic mass is 9.93. The van der Waals surface area contributed by atoms with E-state index in [-0.39, 0.29) is 0 Å². The highest BCUT2D eigenvalue weighted by atomic mass is 15.1. The van der Waals surface area contributed by atoms with Gasteiger partial charge in [0.25, 0.3) is 0 Å². The van der Waals surface area contributed by atoms with Gasteiger partial charge in [-0.25, -0.2) is 0 Å². The highest BCUT2D eigenvalue weighted by Gasteiger charge is 2.17. The third kappa shape index (κ3) is 6.13. The third-order valence-corrected chi connectivity index (χ3v) is 5.16. The normalized spacial score (nSPS) is 13.5. The summed E-state index contributed by atoms with van der Waals surface area (Å²) in [6.45, 7) is 19.9. The van der Waals surface area contributed by atoms with Crippen molar-refractivity contribution in [3.63, 3.8) is 0 Å². The van der Waals surface area contributed by atoms with Gasteiger partial charge in [-0.15, -0.1) is 0 Å². The number of hydrogen-bond acceptors (Lipinski definition) is 1. The topological polar surface area (TPSA) is 3.24 Å². The zero-order valence-corrected chi connectivity index (χ0v) is 16.1. The molecule has 1 aromatic carbocycles. The zero-order valence-electron chi connectivity index (χ0n) is 16.1. The van der Waals surface area contributed by atoms with Gasteiger partial charge in [-0.3, -0.25) is 4.90 Å². The number of likely N-dealkylation sites (N-methyl/N-ethyl adjacent to an activating group) is 1. The van der Waals surface area contributed by atoms with Gasteiger partial charge >= 0.3 is 0 Å². The van der Waals surface area contributed by atoms with Gasteiger partial charge in [-0.1, -0.05) is 68.1 Å². The Hall–Kier alpha value is -1.60. The molecule has 0 radical (unpaired) electrons. The maximum absolute atomic E-state index is 4.23. The molecule has 0 heterocycles. The first-order chi connectivity index (χ1) is 11.4. The fourth-order valence-electron chi connectivity index (χ4n) is 3.36. The Morgan fingerprint density at radius 1 is 1.21 bits per heavy atom. The Balaban J connectivity index is 2.63. The van der Waals surface area contributed by atoms with Crippen molar-refractivity contribution in [2.45, 2.75) is 52.5 Å². The molecule has 0 amide bonds. The van der Waals surface area contributed by atoms with Crippen LogP contribution in [0.1, 0.15) is 44.2 Å². The number of benzene rings is 1. The molecule has 0 aliphatic heterocycles. The average Bonchev–Trinajstić information content (AvgIpc) is 2.56. The Morgan fingerprint density at radius 3 is 2.42 bits per heavy atom. The van der Waals surface area contributed by atoms with Crippen LogP contribution in [0.3, 0.4) is 0 Å². The van der Waals surface area contributed by atoms with E-state index in [1.807, 2.05) is 6.08 Å². The van der Waals surface area contributed by atoms with Crippen LogP contribution < -0.4 is 0 Å². The monoisotopic (exact) mass is 325 g/mol. The van der Waals surface area contributed by atoms with Gasteiger partial charge in [0, 0.05) is 6.04 Å². The second-order valence-corrected chi connectivity index (χ2v) is 6.98. The molecule has 2 unspecified atom stereocenters. The quantitative estimate of drug-likeness (QED) is 0.358. The van der Waals surface area contributed by atoms with Crippen molar-refractivity contribution in [3.05, 3.63) is 72.4 Å². The molecule has 0 spiro atoms. The molecule has 1 aromatic rings. The summed E-state index contributed by atoms with van der Waals surface area (Å²) < 4.78 is 0. The van der Waals surface area contributed by atoms with Gasteiger partial charge in [-0.05, 0) is 70.2 Å². The first-order valence-electron chi connectivity index (χ1n) is 9.12. The molecule has 2 atom stereocenters. The van der Waals surface area contributed by atoms with Crippen LogP contribution in [0.25, 0.3) is 0 Å². The minimum atomic E-state index is 0.430. The Morgan fingerprint density at radius 2 is 1.88 bits per heavy atom. The van der Waals surface area contributed by atoms with E-state index in [0.29, 0.717) is 12.0 Å². The van der Waals surface area contributed by atoms with Gasteiger partial charge in [0.05, 0.1) is 0 Å². The van der Waals surface area contributed by atoms with Gasteiger partial charge in [0.1, 0.15) is 0 Å². The standard InChI is InChI=1S/C23H35N/c1-8-19(5)21(9-2)16-17-24(7)23(18(3)4)15-14-22-13-11-10-12-20(22)6/h8,10-13,21,23H,1,3,5,9,14-17H2,2,4,6-7H3. The Kier molecular flexibility index (Phi) is 8.78. The van der Waals surface area contributed by atoms with E-state index < -0.39 is 0 Å². The predicted octanol–water partition coefficient (Wildman–Crippen LogP) is 5.96. The summed E-state index contributed by atoms with van der Waals surface area (Å²) in [6, 6.07) is 9.11. The highest BCUT2D eigenvalue weighted by Crippen LogP contribution is 2.22. The van der Waals surface area contributed by atoms with Crippen molar-refractivity contribution in [1.82, 2.24) is 4.90 Å². The van der Waals surface area contributed by atoms with E-state index in [9.17, 15) is 0 Å². The van der Waals surface area contributed by atoms with Crippen molar-refractivity contribution >= 4 is 0 Å². The smallest absolute Gasteiger partial charge is 0.0302 e. The summed E-state index contributed by atoms with van der Waals surface area (Å²) in [7, 11) is 2.22. The van der Waals surface area contributed by atoms with E-state index in [1.165, 1.54) is 16.7 Å². The number of allylic oxidation sites excluding steroid dienone is 2. The fraction of sp³-hybridized carbons (Fsp3) is 0.478.